The lowest BCUT2D eigenvalue weighted by Crippen LogP contribution is -2.62. The molecule has 4 saturated heterocycles. The van der Waals surface area contributed by atoms with Crippen LogP contribution < -0.4 is 10.6 Å². The van der Waals surface area contributed by atoms with Crippen LogP contribution in [0.25, 0.3) is 0 Å². The van der Waals surface area contributed by atoms with Gasteiger partial charge in [0.15, 0.2) is 0 Å². The fourth-order valence-corrected chi connectivity index (χ4v) is 7.23. The molecule has 38 heavy (non-hydrogen) atoms. The van der Waals surface area contributed by atoms with Crippen LogP contribution in [0.5, 0.6) is 0 Å². The predicted molar refractivity (Wildman–Crippen MR) is 138 cm³/mol. The monoisotopic (exact) mass is 572 g/mol. The van der Waals surface area contributed by atoms with Gasteiger partial charge in [-0.3, -0.25) is 4.79 Å². The Bertz CT molecular complexity index is 985. The van der Waals surface area contributed by atoms with Crippen molar-refractivity contribution in [2.75, 3.05) is 13.2 Å². The summed E-state index contributed by atoms with van der Waals surface area (Å²) in [5, 5.41) is 52.1. The van der Waals surface area contributed by atoms with E-state index in [0.29, 0.717) is 13.0 Å². The van der Waals surface area contributed by atoms with Crippen LogP contribution >= 0.6 is 23.4 Å². The normalized spacial score (nSPS) is 48.8. The molecule has 7 N–H and O–H groups in total. The average molecular weight is 573 g/mol. The highest BCUT2D eigenvalue weighted by atomic mass is 35.5. The number of rotatable bonds is 9. The number of thioether (sulfide) groups is 1. The van der Waals surface area contributed by atoms with Gasteiger partial charge in [-0.2, -0.15) is 0 Å². The molecule has 5 fully saturated rings. The van der Waals surface area contributed by atoms with Crippen LogP contribution in [0.2, 0.25) is 0 Å². The van der Waals surface area contributed by atoms with Crippen LogP contribution in [-0.2, 0) is 23.7 Å². The van der Waals surface area contributed by atoms with E-state index in [1.807, 2.05) is 0 Å². The smallest absolute Gasteiger partial charge is 0.240 e. The van der Waals surface area contributed by atoms with Crippen LogP contribution in [0.4, 0.5) is 0 Å². The Kier molecular flexibility index (Phi) is 7.81. The number of aliphatic hydroxyl groups excluding tert-OH is 3. The summed E-state index contributed by atoms with van der Waals surface area (Å²) in [4.78, 5) is 13.6. The van der Waals surface area contributed by atoms with Crippen LogP contribution in [-0.4, -0.2) is 117 Å². The lowest BCUT2D eigenvalue weighted by molar-refractivity contribution is -0.156. The zero-order valence-corrected chi connectivity index (χ0v) is 22.0. The maximum absolute atomic E-state index is 13.6. The largest absolute Gasteiger partial charge is 0.390 e. The summed E-state index contributed by atoms with van der Waals surface area (Å²) < 4.78 is 24.1. The molecule has 5 aliphatic rings. The molecule has 1 saturated carbocycles. The van der Waals surface area contributed by atoms with Crippen molar-refractivity contribution in [1.82, 2.24) is 10.6 Å². The SMILES string of the molecule is C=C[C@H](Cl)[C@@H](NC(=O)[C@H]1NC[C@@H]2C[C@H]3O[C@@](C=C)(C=N)O[C@H]3CO[C@H]21)C12OC(SC=N)[C@H](O)C(O)C1[C@@H]2O. The van der Waals surface area contributed by atoms with Crippen molar-refractivity contribution in [1.29, 1.82) is 10.8 Å². The Hall–Kier alpha value is -1.39. The molecule has 14 atom stereocenters. The summed E-state index contributed by atoms with van der Waals surface area (Å²) in [6, 6.07) is -1.75. The molecule has 0 radical (unpaired) electrons. The number of alkyl halides is 1. The molecule has 1 amide bonds. The summed E-state index contributed by atoms with van der Waals surface area (Å²) in [6.45, 7) is 8.06. The number of fused-ring (bicyclic) bond motifs is 3. The molecule has 210 valence electrons. The lowest BCUT2D eigenvalue weighted by Gasteiger charge is -2.40. The van der Waals surface area contributed by atoms with Gasteiger partial charge >= 0.3 is 0 Å². The molecule has 0 spiro atoms. The van der Waals surface area contributed by atoms with Crippen LogP contribution in [0.15, 0.2) is 25.3 Å². The van der Waals surface area contributed by atoms with Gasteiger partial charge in [0, 0.05) is 12.5 Å². The summed E-state index contributed by atoms with van der Waals surface area (Å²) in [7, 11) is 0. The number of carbonyl (C=O) groups is 1. The van der Waals surface area contributed by atoms with Crippen molar-refractivity contribution < 1.29 is 39.1 Å². The van der Waals surface area contributed by atoms with Crippen LogP contribution in [0.1, 0.15) is 6.42 Å². The van der Waals surface area contributed by atoms with Gasteiger partial charge < -0.3 is 55.7 Å². The first-order valence-corrected chi connectivity index (χ1v) is 13.8. The second-order valence-electron chi connectivity index (χ2n) is 10.3. The Morgan fingerprint density at radius 2 is 1.92 bits per heavy atom. The molecule has 0 aromatic heterocycles. The molecule has 1 aliphatic carbocycles. The van der Waals surface area contributed by atoms with Crippen LogP contribution in [0.3, 0.4) is 0 Å². The van der Waals surface area contributed by atoms with Gasteiger partial charge in [-0.25, -0.2) is 0 Å². The van der Waals surface area contributed by atoms with Gasteiger partial charge in [0.05, 0.1) is 60.1 Å². The number of hydrogen-bond donors (Lipinski definition) is 7. The minimum atomic E-state index is -1.47. The van der Waals surface area contributed by atoms with E-state index in [9.17, 15) is 20.1 Å². The molecule has 5 rings (SSSR count). The van der Waals surface area contributed by atoms with Crippen molar-refractivity contribution in [3.8, 4) is 0 Å². The van der Waals surface area contributed by atoms with Crippen molar-refractivity contribution in [3.05, 3.63) is 25.3 Å². The summed E-state index contributed by atoms with van der Waals surface area (Å²) >= 11 is 7.40. The Morgan fingerprint density at radius 3 is 2.58 bits per heavy atom. The van der Waals surface area contributed by atoms with Gasteiger partial charge in [-0.15, -0.1) is 18.2 Å². The van der Waals surface area contributed by atoms with E-state index in [1.54, 1.807) is 0 Å². The molecular weight excluding hydrogens is 540 g/mol. The van der Waals surface area contributed by atoms with Gasteiger partial charge in [0.1, 0.15) is 29.3 Å². The molecule has 4 heterocycles. The highest BCUT2D eigenvalue weighted by molar-refractivity contribution is 8.12. The third-order valence-electron chi connectivity index (χ3n) is 8.30. The van der Waals surface area contributed by atoms with Crippen molar-refractivity contribution in [2.24, 2.45) is 11.8 Å². The highest BCUT2D eigenvalue weighted by Gasteiger charge is 2.77. The minimum absolute atomic E-state index is 0.0750. The summed E-state index contributed by atoms with van der Waals surface area (Å²) in [5.41, 5.74) is -1.54. The minimum Gasteiger partial charge on any atom is -0.390 e. The highest BCUT2D eigenvalue weighted by Crippen LogP contribution is 2.58. The number of hydrogen-bond acceptors (Lipinski definition) is 12. The number of amides is 1. The Balaban J connectivity index is 1.32. The summed E-state index contributed by atoms with van der Waals surface area (Å²) in [5.74, 6) is -2.68. The first-order chi connectivity index (χ1) is 18.2. The predicted octanol–water partition coefficient (Wildman–Crippen LogP) is -0.895. The number of ether oxygens (including phenoxy) is 4. The molecule has 14 heteroatoms. The zero-order valence-electron chi connectivity index (χ0n) is 20.4. The Labute approximate surface area is 229 Å². The second-order valence-corrected chi connectivity index (χ2v) is 11.8. The molecule has 12 nitrogen and oxygen atoms in total. The van der Waals surface area contributed by atoms with Crippen molar-refractivity contribution in [2.45, 2.75) is 77.3 Å². The molecule has 4 unspecified atom stereocenters. The van der Waals surface area contributed by atoms with E-state index in [2.05, 4.69) is 23.8 Å². The van der Waals surface area contributed by atoms with E-state index in [0.717, 1.165) is 23.5 Å². The topological polar surface area (TPSA) is 186 Å². The first-order valence-electron chi connectivity index (χ1n) is 12.5. The third-order valence-corrected chi connectivity index (χ3v) is 9.51. The van der Waals surface area contributed by atoms with Gasteiger partial charge in [-0.05, 0) is 12.5 Å². The molecule has 4 aliphatic heterocycles. The Morgan fingerprint density at radius 1 is 1.18 bits per heavy atom. The van der Waals surface area contributed by atoms with E-state index in [1.165, 1.54) is 12.2 Å². The number of carbonyl (C=O) groups excluding carboxylic acids is 1. The molecule has 0 aromatic carbocycles. The number of halogens is 1. The van der Waals surface area contributed by atoms with E-state index in [-0.39, 0.29) is 18.6 Å². The standard InChI is InChI=1S/C24H33ClN4O8S/c1-3-11(25)19(24-14(20(24)32)16(30)17(31)22(37-24)38-9-27)29-21(33)15-18-10(6-28-15)5-12-13(7-34-18)36-23(4-2,8-26)35-12/h3-4,8-20,22,26-28,30-32H,1-2,5-7H2,(H,29,33)/t10-,11-,12+,13-,14?,15-,16?,17+,18+,19+,20-,22?,23+,24?/m0/s1. The molecule has 0 bridgehead atoms. The number of nitrogens with one attached hydrogen (secondary N) is 4. The van der Waals surface area contributed by atoms with Crippen molar-refractivity contribution >= 4 is 41.0 Å². The average Bonchev–Trinajstić information content (AvgIpc) is 3.20. The fraction of sp³-hybridized carbons (Fsp3) is 0.708. The van der Waals surface area contributed by atoms with E-state index >= 15 is 0 Å². The second kappa shape index (κ2) is 10.5. The lowest BCUT2D eigenvalue weighted by atomic mass is 9.93. The number of aliphatic hydroxyl groups is 3. The molecule has 0 aromatic rings. The van der Waals surface area contributed by atoms with Gasteiger partial charge in [-0.1, -0.05) is 24.4 Å². The summed E-state index contributed by atoms with van der Waals surface area (Å²) in [6.07, 6.45) is -0.686. The van der Waals surface area contributed by atoms with E-state index in [4.69, 9.17) is 41.4 Å². The maximum Gasteiger partial charge on any atom is 0.240 e. The fourth-order valence-electron chi connectivity index (χ4n) is 6.29. The molecular formula is C24H33ClN4O8S. The quantitative estimate of drug-likeness (QED) is 0.0790. The van der Waals surface area contributed by atoms with Crippen molar-refractivity contribution in [3.63, 3.8) is 0 Å². The van der Waals surface area contributed by atoms with Gasteiger partial charge in [0.2, 0.25) is 11.7 Å². The van der Waals surface area contributed by atoms with Gasteiger partial charge in [0.25, 0.3) is 0 Å². The third kappa shape index (κ3) is 4.37. The van der Waals surface area contributed by atoms with Crippen LogP contribution in [0, 0.1) is 22.7 Å². The first kappa shape index (κ1) is 28.1. The zero-order chi connectivity index (χ0) is 27.4. The van der Waals surface area contributed by atoms with E-state index < -0.39 is 76.6 Å². The maximum atomic E-state index is 13.6.